The van der Waals surface area contributed by atoms with Crippen LogP contribution in [0.4, 0.5) is 11.4 Å². The maximum Gasteiger partial charge on any atom is 0.237 e. The van der Waals surface area contributed by atoms with Crippen molar-refractivity contribution in [1.29, 1.82) is 0 Å². The quantitative estimate of drug-likeness (QED) is 0.535. The van der Waals surface area contributed by atoms with Gasteiger partial charge in [-0.3, -0.25) is 9.59 Å². The van der Waals surface area contributed by atoms with E-state index in [9.17, 15) is 18.0 Å². The van der Waals surface area contributed by atoms with Crippen LogP contribution in [0.3, 0.4) is 0 Å². The number of anilines is 2. The van der Waals surface area contributed by atoms with Crippen molar-refractivity contribution in [3.8, 4) is 11.3 Å². The molecule has 0 aliphatic carbocycles. The molecule has 0 spiro atoms. The maximum absolute atomic E-state index is 12.7. The largest absolute Gasteiger partial charge is 0.356 e. The van der Waals surface area contributed by atoms with Crippen LogP contribution in [0.25, 0.3) is 11.3 Å². The molecule has 8 nitrogen and oxygen atoms in total. The first-order chi connectivity index (χ1) is 15.4. The Labute approximate surface area is 189 Å². The average Bonchev–Trinajstić information content (AvgIpc) is 3.32. The molecule has 0 bridgehead atoms. The van der Waals surface area contributed by atoms with Crippen molar-refractivity contribution < 1.29 is 22.5 Å². The smallest absolute Gasteiger partial charge is 0.237 e. The molecule has 2 aromatic carbocycles. The minimum Gasteiger partial charge on any atom is -0.356 e. The third-order valence-electron chi connectivity index (χ3n) is 4.99. The highest BCUT2D eigenvalue weighted by molar-refractivity contribution is 8.01. The molecule has 1 aliphatic heterocycles. The van der Waals surface area contributed by atoms with E-state index < -0.39 is 15.7 Å². The van der Waals surface area contributed by atoms with Crippen molar-refractivity contribution >= 4 is 44.8 Å². The first-order valence-corrected chi connectivity index (χ1v) is 12.5. The summed E-state index contributed by atoms with van der Waals surface area (Å²) in [4.78, 5) is 25.3. The summed E-state index contributed by atoms with van der Waals surface area (Å²) in [6.07, 6.45) is 2.04. The second-order valence-corrected chi connectivity index (χ2v) is 10.6. The van der Waals surface area contributed by atoms with Gasteiger partial charge in [0.2, 0.25) is 11.8 Å². The molecule has 32 heavy (non-hydrogen) atoms. The third-order valence-corrected chi connectivity index (χ3v) is 8.14. The van der Waals surface area contributed by atoms with Crippen LogP contribution >= 0.6 is 11.8 Å². The summed E-state index contributed by atoms with van der Waals surface area (Å²) in [5.74, 6) is -0.271. The number of nitrogens with zero attached hydrogens (tertiary/aromatic N) is 1. The first-order valence-electron chi connectivity index (χ1n) is 10.0. The number of rotatable bonds is 7. The van der Waals surface area contributed by atoms with Crippen LogP contribution in [-0.4, -0.2) is 36.4 Å². The molecule has 2 amide bonds. The Morgan fingerprint density at radius 2 is 1.97 bits per heavy atom. The van der Waals surface area contributed by atoms with Gasteiger partial charge in [-0.15, -0.1) is 11.8 Å². The monoisotopic (exact) mass is 471 g/mol. The number of nitrogens with one attached hydrogen (secondary N) is 2. The van der Waals surface area contributed by atoms with Crippen molar-refractivity contribution in [2.45, 2.75) is 34.8 Å². The van der Waals surface area contributed by atoms with E-state index in [0.717, 1.165) is 10.5 Å². The highest BCUT2D eigenvalue weighted by Crippen LogP contribution is 2.38. The van der Waals surface area contributed by atoms with Gasteiger partial charge in [0.15, 0.2) is 15.6 Å². The number of thioether (sulfide) groups is 1. The number of hydrogen-bond acceptors (Lipinski definition) is 7. The summed E-state index contributed by atoms with van der Waals surface area (Å²) in [6, 6.07) is 13.4. The Morgan fingerprint density at radius 3 is 2.66 bits per heavy atom. The normalized spacial score (nSPS) is 15.7. The molecule has 0 saturated heterocycles. The fraction of sp³-hybridized carbons (Fsp3) is 0.227. The van der Waals surface area contributed by atoms with Crippen molar-refractivity contribution in [3.05, 3.63) is 54.7 Å². The van der Waals surface area contributed by atoms with Crippen molar-refractivity contribution in [3.63, 3.8) is 0 Å². The minimum absolute atomic E-state index is 0.0799. The number of fused-ring (bicyclic) bond motifs is 1. The van der Waals surface area contributed by atoms with Crippen LogP contribution in [0.2, 0.25) is 0 Å². The van der Waals surface area contributed by atoms with E-state index in [4.69, 9.17) is 4.52 Å². The van der Waals surface area contributed by atoms with E-state index in [1.54, 1.807) is 42.6 Å². The lowest BCUT2D eigenvalue weighted by molar-refractivity contribution is -0.116. The van der Waals surface area contributed by atoms with Crippen LogP contribution in [0.15, 0.2) is 69.0 Å². The molecule has 3 aromatic rings. The Balaban J connectivity index is 1.37. The number of carbonyl (C=O) groups excluding carboxylic acids is 2. The summed E-state index contributed by atoms with van der Waals surface area (Å²) in [5, 5.41) is 8.94. The summed E-state index contributed by atoms with van der Waals surface area (Å²) in [6.45, 7) is 1.93. The van der Waals surface area contributed by atoms with Gasteiger partial charge in [0.1, 0.15) is 0 Å². The third kappa shape index (κ3) is 4.86. The van der Waals surface area contributed by atoms with E-state index in [1.807, 2.05) is 6.92 Å². The number of sulfone groups is 1. The fourth-order valence-electron chi connectivity index (χ4n) is 3.24. The molecule has 10 heteroatoms. The number of carbonyl (C=O) groups is 2. The van der Waals surface area contributed by atoms with Crippen molar-refractivity contribution in [2.24, 2.45) is 0 Å². The Kier molecular flexibility index (Phi) is 6.33. The molecule has 0 saturated carbocycles. The molecule has 1 atom stereocenters. The van der Waals surface area contributed by atoms with Crippen molar-refractivity contribution in [1.82, 2.24) is 5.16 Å². The summed E-state index contributed by atoms with van der Waals surface area (Å²) in [7, 11) is -3.69. The molecule has 4 rings (SSSR count). The molecule has 166 valence electrons. The van der Waals surface area contributed by atoms with Gasteiger partial charge in [-0.2, -0.15) is 0 Å². The second kappa shape index (κ2) is 9.17. The topological polar surface area (TPSA) is 118 Å². The molecule has 0 fully saturated rings. The van der Waals surface area contributed by atoms with Crippen molar-refractivity contribution in [2.75, 3.05) is 16.4 Å². The van der Waals surface area contributed by atoms with Crippen LogP contribution in [0.1, 0.15) is 19.8 Å². The lowest BCUT2D eigenvalue weighted by Crippen LogP contribution is -2.28. The van der Waals surface area contributed by atoms with Crippen LogP contribution in [0, 0.1) is 0 Å². The summed E-state index contributed by atoms with van der Waals surface area (Å²) in [5.41, 5.74) is 1.85. The van der Waals surface area contributed by atoms with Crippen LogP contribution < -0.4 is 10.6 Å². The lowest BCUT2D eigenvalue weighted by atomic mass is 10.1. The highest BCUT2D eigenvalue weighted by Gasteiger charge is 2.27. The standard InChI is InChI=1S/C22H21N3O5S2/c1-2-19-22(27)25-17-13-16(7-8-20(17)31-19)32(28,29)12-10-21(26)24-15-5-3-14(4-6-15)18-9-11-23-30-18/h3-9,11,13,19H,2,10,12H2,1H3,(H,24,26)(H,25,27). The SMILES string of the molecule is CCC1Sc2ccc(S(=O)(=O)CCC(=O)Nc3ccc(-c4ccno4)cc3)cc2NC1=O. The van der Waals surface area contributed by atoms with E-state index >= 15 is 0 Å². The van der Waals surface area contributed by atoms with Gasteiger partial charge < -0.3 is 15.2 Å². The number of hydrogen-bond donors (Lipinski definition) is 2. The predicted octanol–water partition coefficient (Wildman–Crippen LogP) is 3.97. The van der Waals surface area contributed by atoms with Gasteiger partial charge in [-0.25, -0.2) is 8.42 Å². The second-order valence-electron chi connectivity index (χ2n) is 7.23. The molecular weight excluding hydrogens is 450 g/mol. The number of amides is 2. The first kappa shape index (κ1) is 22.1. The van der Waals surface area contributed by atoms with E-state index in [1.165, 1.54) is 23.9 Å². The van der Waals surface area contributed by atoms with Gasteiger partial charge in [-0.1, -0.05) is 12.1 Å². The molecule has 2 N–H and O–H groups in total. The Bertz CT molecular complexity index is 1240. The summed E-state index contributed by atoms with van der Waals surface area (Å²) >= 11 is 1.42. The molecule has 2 heterocycles. The van der Waals surface area contributed by atoms with E-state index in [-0.39, 0.29) is 28.2 Å². The predicted molar refractivity (Wildman–Crippen MR) is 122 cm³/mol. The fourth-order valence-corrected chi connectivity index (χ4v) is 5.53. The number of benzene rings is 2. The molecule has 1 aliphatic rings. The Morgan fingerprint density at radius 1 is 1.19 bits per heavy atom. The van der Waals surface area contributed by atoms with Gasteiger partial charge in [0, 0.05) is 28.6 Å². The zero-order valence-corrected chi connectivity index (χ0v) is 18.8. The minimum atomic E-state index is -3.69. The Hall–Kier alpha value is -3.11. The molecule has 1 aromatic heterocycles. The average molecular weight is 472 g/mol. The van der Waals surface area contributed by atoms with Crippen LogP contribution in [0.5, 0.6) is 0 Å². The van der Waals surface area contributed by atoms with Gasteiger partial charge in [0.25, 0.3) is 0 Å². The van der Waals surface area contributed by atoms with Crippen LogP contribution in [-0.2, 0) is 19.4 Å². The lowest BCUT2D eigenvalue weighted by Gasteiger charge is -2.23. The molecule has 1 unspecified atom stereocenters. The van der Waals surface area contributed by atoms with E-state index in [2.05, 4.69) is 15.8 Å². The van der Waals surface area contributed by atoms with Gasteiger partial charge in [0.05, 0.1) is 27.8 Å². The molecule has 0 radical (unpaired) electrons. The summed E-state index contributed by atoms with van der Waals surface area (Å²) < 4.78 is 30.6. The maximum atomic E-state index is 12.7. The van der Waals surface area contributed by atoms with Gasteiger partial charge >= 0.3 is 0 Å². The van der Waals surface area contributed by atoms with E-state index in [0.29, 0.717) is 23.6 Å². The number of aromatic nitrogens is 1. The zero-order valence-electron chi connectivity index (χ0n) is 17.2. The molecular formula is C22H21N3O5S2. The zero-order chi connectivity index (χ0) is 22.7. The van der Waals surface area contributed by atoms with Gasteiger partial charge in [-0.05, 0) is 48.9 Å². The highest BCUT2D eigenvalue weighted by atomic mass is 32.2.